The molecule has 0 unspecified atom stereocenters. The molecular weight excluding hydrogens is 368 g/mol. The van der Waals surface area contributed by atoms with Crippen molar-refractivity contribution in [3.05, 3.63) is 41.9 Å². The molecule has 1 saturated heterocycles. The molecule has 1 aliphatic rings. The summed E-state index contributed by atoms with van der Waals surface area (Å²) in [5, 5.41) is 3.90. The summed E-state index contributed by atoms with van der Waals surface area (Å²) in [6.07, 6.45) is 3.86. The topological polar surface area (TPSA) is 78.3 Å². The molecule has 0 saturated carbocycles. The Hall–Kier alpha value is -2.93. The predicted molar refractivity (Wildman–Crippen MR) is 112 cm³/mol. The van der Waals surface area contributed by atoms with Crippen LogP contribution in [0.2, 0.25) is 0 Å². The van der Waals surface area contributed by atoms with Crippen molar-refractivity contribution in [3.63, 3.8) is 0 Å². The molecule has 7 heteroatoms. The molecule has 3 heterocycles. The average molecular weight is 394 g/mol. The van der Waals surface area contributed by atoms with Gasteiger partial charge in [-0.3, -0.25) is 9.36 Å². The van der Waals surface area contributed by atoms with Gasteiger partial charge in [0.25, 0.3) is 0 Å². The summed E-state index contributed by atoms with van der Waals surface area (Å²) in [5.74, 6) is 1.73. The number of carbonyl (C=O) groups is 1. The Balaban J connectivity index is 1.66. The number of amides is 1. The molecule has 4 rings (SSSR count). The van der Waals surface area contributed by atoms with Crippen LogP contribution in [-0.2, 0) is 9.53 Å². The number of anilines is 1. The Labute approximate surface area is 170 Å². The van der Waals surface area contributed by atoms with Crippen LogP contribution in [0.1, 0.15) is 30.5 Å². The number of fused-ring (bicyclic) bond motifs is 1. The second-order valence-electron chi connectivity index (χ2n) is 7.47. The number of methoxy groups -OCH3 is 1. The molecule has 1 N–H and O–H groups in total. The number of rotatable bonds is 5. The van der Waals surface area contributed by atoms with E-state index in [0.717, 1.165) is 59.8 Å². The van der Waals surface area contributed by atoms with Crippen LogP contribution < -0.4 is 10.1 Å². The van der Waals surface area contributed by atoms with Gasteiger partial charge in [-0.2, -0.15) is 0 Å². The van der Waals surface area contributed by atoms with Gasteiger partial charge in [-0.25, -0.2) is 9.97 Å². The van der Waals surface area contributed by atoms with E-state index in [1.165, 1.54) is 6.33 Å². The fourth-order valence-corrected chi connectivity index (χ4v) is 3.94. The lowest BCUT2D eigenvalue weighted by Gasteiger charge is -2.21. The highest BCUT2D eigenvalue weighted by Gasteiger charge is 2.21. The number of nitrogens with one attached hydrogen (secondary N) is 1. The number of hydrogen-bond acceptors (Lipinski definition) is 5. The molecule has 7 nitrogen and oxygen atoms in total. The van der Waals surface area contributed by atoms with E-state index in [4.69, 9.17) is 9.47 Å². The van der Waals surface area contributed by atoms with Gasteiger partial charge in [-0.05, 0) is 62.4 Å². The third-order valence-corrected chi connectivity index (χ3v) is 5.70. The Morgan fingerprint density at radius 3 is 2.62 bits per heavy atom. The van der Waals surface area contributed by atoms with Crippen molar-refractivity contribution in [1.29, 1.82) is 0 Å². The standard InChI is InChI=1S/C22H26N4O3/c1-14-15(2)26(17-4-6-18(28-3)7-5-17)22-20(14)21(23-13-24-22)25-19(27)12-16-8-10-29-11-9-16/h4-7,13,16H,8-12H2,1-3H3,(H,23,24,25,27). The van der Waals surface area contributed by atoms with E-state index in [-0.39, 0.29) is 5.91 Å². The fraction of sp³-hybridized carbons (Fsp3) is 0.409. The molecule has 0 radical (unpaired) electrons. The highest BCUT2D eigenvalue weighted by atomic mass is 16.5. The van der Waals surface area contributed by atoms with Crippen LogP contribution in [0.4, 0.5) is 5.82 Å². The van der Waals surface area contributed by atoms with Crippen molar-refractivity contribution < 1.29 is 14.3 Å². The van der Waals surface area contributed by atoms with Gasteiger partial charge >= 0.3 is 0 Å². The summed E-state index contributed by atoms with van der Waals surface area (Å²) in [5.41, 5.74) is 3.88. The first-order valence-corrected chi connectivity index (χ1v) is 9.93. The fourth-order valence-electron chi connectivity index (χ4n) is 3.94. The van der Waals surface area contributed by atoms with Crippen molar-refractivity contribution in [1.82, 2.24) is 14.5 Å². The Bertz CT molecular complexity index is 1020. The number of ether oxygens (including phenoxy) is 2. The lowest BCUT2D eigenvalue weighted by Crippen LogP contribution is -2.22. The first-order valence-electron chi connectivity index (χ1n) is 9.93. The van der Waals surface area contributed by atoms with Gasteiger partial charge in [0.1, 0.15) is 17.9 Å². The Morgan fingerprint density at radius 2 is 1.93 bits per heavy atom. The van der Waals surface area contributed by atoms with E-state index in [9.17, 15) is 4.79 Å². The minimum atomic E-state index is -0.00819. The maximum atomic E-state index is 12.6. The highest BCUT2D eigenvalue weighted by molar-refractivity contribution is 6.01. The minimum Gasteiger partial charge on any atom is -0.497 e. The molecule has 0 bridgehead atoms. The van der Waals surface area contributed by atoms with E-state index in [0.29, 0.717) is 18.2 Å². The van der Waals surface area contributed by atoms with E-state index in [1.807, 2.05) is 31.2 Å². The van der Waals surface area contributed by atoms with Crippen LogP contribution in [0, 0.1) is 19.8 Å². The number of benzene rings is 1. The normalized spacial score (nSPS) is 14.9. The van der Waals surface area contributed by atoms with Crippen molar-refractivity contribution in [2.45, 2.75) is 33.1 Å². The van der Waals surface area contributed by atoms with Gasteiger partial charge in [0.2, 0.25) is 5.91 Å². The van der Waals surface area contributed by atoms with E-state index < -0.39 is 0 Å². The molecule has 0 atom stereocenters. The lowest BCUT2D eigenvalue weighted by molar-refractivity contribution is -0.117. The molecule has 1 amide bonds. The summed E-state index contributed by atoms with van der Waals surface area (Å²) >= 11 is 0. The number of aromatic nitrogens is 3. The lowest BCUT2D eigenvalue weighted by atomic mass is 9.96. The molecule has 29 heavy (non-hydrogen) atoms. The van der Waals surface area contributed by atoms with Gasteiger partial charge in [-0.15, -0.1) is 0 Å². The van der Waals surface area contributed by atoms with Gasteiger partial charge in [0.05, 0.1) is 12.5 Å². The number of nitrogens with zero attached hydrogens (tertiary/aromatic N) is 3. The maximum Gasteiger partial charge on any atom is 0.225 e. The van der Waals surface area contributed by atoms with E-state index in [1.54, 1.807) is 7.11 Å². The summed E-state index contributed by atoms with van der Waals surface area (Å²) in [7, 11) is 1.65. The van der Waals surface area contributed by atoms with Crippen LogP contribution in [-0.4, -0.2) is 40.8 Å². The zero-order valence-electron chi connectivity index (χ0n) is 17.1. The van der Waals surface area contributed by atoms with Crippen molar-refractivity contribution in [3.8, 4) is 11.4 Å². The molecule has 2 aromatic heterocycles. The Morgan fingerprint density at radius 1 is 1.21 bits per heavy atom. The number of aryl methyl sites for hydroxylation is 1. The summed E-state index contributed by atoms with van der Waals surface area (Å²) < 4.78 is 12.7. The molecule has 3 aromatic rings. The number of carbonyl (C=O) groups excluding carboxylic acids is 1. The second-order valence-corrected chi connectivity index (χ2v) is 7.47. The van der Waals surface area contributed by atoms with Crippen LogP contribution in [0.5, 0.6) is 5.75 Å². The Kier molecular flexibility index (Phi) is 5.49. The number of hydrogen-bond donors (Lipinski definition) is 1. The summed E-state index contributed by atoms with van der Waals surface area (Å²) in [6.45, 7) is 5.56. The third kappa shape index (κ3) is 3.82. The monoisotopic (exact) mass is 394 g/mol. The van der Waals surface area contributed by atoms with Crippen LogP contribution in [0.3, 0.4) is 0 Å². The van der Waals surface area contributed by atoms with Gasteiger partial charge < -0.3 is 14.8 Å². The van der Waals surface area contributed by atoms with Crippen molar-refractivity contribution in [2.24, 2.45) is 5.92 Å². The predicted octanol–water partition coefficient (Wildman–Crippen LogP) is 3.80. The zero-order chi connectivity index (χ0) is 20.4. The van der Waals surface area contributed by atoms with E-state index in [2.05, 4.69) is 26.8 Å². The first kappa shape index (κ1) is 19.4. The van der Waals surface area contributed by atoms with Crippen molar-refractivity contribution in [2.75, 3.05) is 25.6 Å². The SMILES string of the molecule is COc1ccc(-n2c(C)c(C)c3c(NC(=O)CC4CCOCC4)ncnc32)cc1. The highest BCUT2D eigenvalue weighted by Crippen LogP contribution is 2.32. The first-order chi connectivity index (χ1) is 14.1. The smallest absolute Gasteiger partial charge is 0.225 e. The summed E-state index contributed by atoms with van der Waals surface area (Å²) in [4.78, 5) is 21.5. The second kappa shape index (κ2) is 8.21. The minimum absolute atomic E-state index is 0.00819. The van der Waals surface area contributed by atoms with Crippen LogP contribution in [0.25, 0.3) is 16.7 Å². The van der Waals surface area contributed by atoms with Gasteiger partial charge in [0, 0.05) is 31.0 Å². The van der Waals surface area contributed by atoms with Crippen LogP contribution >= 0.6 is 0 Å². The molecule has 1 aromatic carbocycles. The molecule has 152 valence electrons. The van der Waals surface area contributed by atoms with Crippen molar-refractivity contribution >= 4 is 22.8 Å². The molecule has 1 aliphatic heterocycles. The largest absolute Gasteiger partial charge is 0.497 e. The average Bonchev–Trinajstić information content (AvgIpc) is 3.00. The molecule has 0 aliphatic carbocycles. The van der Waals surface area contributed by atoms with E-state index >= 15 is 0 Å². The maximum absolute atomic E-state index is 12.6. The molecular formula is C22H26N4O3. The quantitative estimate of drug-likeness (QED) is 0.712. The molecule has 0 spiro atoms. The zero-order valence-corrected chi connectivity index (χ0v) is 17.1. The summed E-state index contributed by atoms with van der Waals surface area (Å²) in [6, 6.07) is 7.84. The molecule has 1 fully saturated rings. The van der Waals surface area contributed by atoms with Crippen LogP contribution in [0.15, 0.2) is 30.6 Å². The van der Waals surface area contributed by atoms with Gasteiger partial charge in [-0.1, -0.05) is 0 Å². The van der Waals surface area contributed by atoms with Gasteiger partial charge in [0.15, 0.2) is 5.65 Å². The third-order valence-electron chi connectivity index (χ3n) is 5.70.